The lowest BCUT2D eigenvalue weighted by Gasteiger charge is -2.19. The molecule has 0 heterocycles. The van der Waals surface area contributed by atoms with Crippen molar-refractivity contribution in [2.75, 3.05) is 18.4 Å². The van der Waals surface area contributed by atoms with Gasteiger partial charge in [0.05, 0.1) is 0 Å². The van der Waals surface area contributed by atoms with Crippen molar-refractivity contribution >= 4 is 23.5 Å². The molecule has 0 atom stereocenters. The predicted molar refractivity (Wildman–Crippen MR) is 97.3 cm³/mol. The molecule has 0 aliphatic heterocycles. The topological polar surface area (TPSA) is 50.4 Å². The largest absolute Gasteiger partial charge is 0.444 e. The lowest BCUT2D eigenvalue weighted by molar-refractivity contribution is 0.0530. The molecule has 0 saturated heterocycles. The van der Waals surface area contributed by atoms with Crippen LogP contribution in [0.25, 0.3) is 0 Å². The fourth-order valence-electron chi connectivity index (χ4n) is 2.54. The number of amides is 1. The Morgan fingerprint density at radius 2 is 1.83 bits per heavy atom. The molecule has 0 unspecified atom stereocenters. The molecule has 1 aliphatic rings. The zero-order valence-electron chi connectivity index (χ0n) is 14.4. The molecule has 0 radical (unpaired) electrons. The van der Waals surface area contributed by atoms with Gasteiger partial charge in [0.2, 0.25) is 0 Å². The highest BCUT2D eigenvalue weighted by Crippen LogP contribution is 2.34. The molecule has 1 fully saturated rings. The Morgan fingerprint density at radius 1 is 1.17 bits per heavy atom. The zero-order valence-corrected chi connectivity index (χ0v) is 15.2. The molecule has 1 aliphatic carbocycles. The Morgan fingerprint density at radius 3 is 2.43 bits per heavy atom. The number of carbonyl (C=O) groups is 1. The molecule has 1 aromatic rings. The first-order chi connectivity index (χ1) is 10.9. The number of hydrogen-bond donors (Lipinski definition) is 2. The number of nitrogens with one attached hydrogen (secondary N) is 2. The van der Waals surface area contributed by atoms with Crippen LogP contribution < -0.4 is 10.6 Å². The third-order valence-electron chi connectivity index (χ3n) is 3.58. The van der Waals surface area contributed by atoms with E-state index in [1.807, 2.05) is 32.5 Å². The lowest BCUT2D eigenvalue weighted by atomic mass is 10.2. The van der Waals surface area contributed by atoms with Crippen LogP contribution in [0, 0.1) is 0 Å². The fourth-order valence-corrected chi connectivity index (χ4v) is 3.78. The van der Waals surface area contributed by atoms with E-state index in [2.05, 4.69) is 34.9 Å². The lowest BCUT2D eigenvalue weighted by Crippen LogP contribution is -2.34. The zero-order chi connectivity index (χ0) is 16.7. The molecule has 0 aromatic heterocycles. The van der Waals surface area contributed by atoms with E-state index in [1.165, 1.54) is 30.6 Å². The number of rotatable bonds is 6. The van der Waals surface area contributed by atoms with Crippen LogP contribution in [0.2, 0.25) is 0 Å². The molecular weight excluding hydrogens is 308 g/mol. The van der Waals surface area contributed by atoms with E-state index in [0.717, 1.165) is 10.9 Å². The fraction of sp³-hybridized carbons (Fsp3) is 0.611. The van der Waals surface area contributed by atoms with Gasteiger partial charge in [-0.15, -0.1) is 11.8 Å². The van der Waals surface area contributed by atoms with Crippen LogP contribution in [0.4, 0.5) is 10.5 Å². The molecular formula is C18H28N2O2S. The highest BCUT2D eigenvalue weighted by atomic mass is 32.2. The Bertz CT molecular complexity index is 491. The number of anilines is 1. The van der Waals surface area contributed by atoms with Crippen molar-refractivity contribution in [3.63, 3.8) is 0 Å². The van der Waals surface area contributed by atoms with Gasteiger partial charge in [-0.1, -0.05) is 12.8 Å². The molecule has 23 heavy (non-hydrogen) atoms. The summed E-state index contributed by atoms with van der Waals surface area (Å²) >= 11 is 2.00. The highest BCUT2D eigenvalue weighted by molar-refractivity contribution is 8.00. The van der Waals surface area contributed by atoms with Crippen LogP contribution in [-0.4, -0.2) is 30.0 Å². The quantitative estimate of drug-likeness (QED) is 0.742. The van der Waals surface area contributed by atoms with Crippen molar-refractivity contribution in [1.29, 1.82) is 0 Å². The van der Waals surface area contributed by atoms with Gasteiger partial charge in [0.25, 0.3) is 0 Å². The van der Waals surface area contributed by atoms with Gasteiger partial charge in [0, 0.05) is 28.9 Å². The maximum Gasteiger partial charge on any atom is 0.407 e. The molecule has 128 valence electrons. The van der Waals surface area contributed by atoms with E-state index in [4.69, 9.17) is 4.74 Å². The number of carbonyl (C=O) groups excluding carboxylic acids is 1. The molecule has 2 rings (SSSR count). The van der Waals surface area contributed by atoms with Gasteiger partial charge in [-0.05, 0) is 57.9 Å². The van der Waals surface area contributed by atoms with Crippen molar-refractivity contribution in [3.8, 4) is 0 Å². The van der Waals surface area contributed by atoms with Crippen LogP contribution in [-0.2, 0) is 4.74 Å². The molecule has 1 saturated carbocycles. The van der Waals surface area contributed by atoms with Gasteiger partial charge >= 0.3 is 6.09 Å². The van der Waals surface area contributed by atoms with Gasteiger partial charge in [-0.2, -0.15) is 0 Å². The number of ether oxygens (including phenoxy) is 1. The van der Waals surface area contributed by atoms with Crippen LogP contribution in [0.3, 0.4) is 0 Å². The van der Waals surface area contributed by atoms with E-state index in [9.17, 15) is 4.79 Å². The van der Waals surface area contributed by atoms with Crippen molar-refractivity contribution < 1.29 is 9.53 Å². The first-order valence-electron chi connectivity index (χ1n) is 8.40. The number of alkyl carbamates (subject to hydrolysis) is 1. The standard InChI is InChI=1S/C18H28N2O2S/c1-18(2,3)22-17(21)20-13-12-19-14-8-10-16(11-9-14)23-15-6-4-5-7-15/h8-11,15,19H,4-7,12-13H2,1-3H3,(H,20,21). The third kappa shape index (κ3) is 7.16. The summed E-state index contributed by atoms with van der Waals surface area (Å²) in [6.45, 7) is 6.78. The average Bonchev–Trinajstić information content (AvgIpc) is 2.96. The summed E-state index contributed by atoms with van der Waals surface area (Å²) in [4.78, 5) is 12.9. The van der Waals surface area contributed by atoms with E-state index >= 15 is 0 Å². The van der Waals surface area contributed by atoms with Gasteiger partial charge < -0.3 is 15.4 Å². The summed E-state index contributed by atoms with van der Waals surface area (Å²) in [6, 6.07) is 8.55. The second-order valence-electron chi connectivity index (χ2n) is 6.90. The Labute approximate surface area is 143 Å². The predicted octanol–water partition coefficient (Wildman–Crippen LogP) is 4.66. The maximum absolute atomic E-state index is 11.5. The molecule has 2 N–H and O–H groups in total. The van der Waals surface area contributed by atoms with E-state index < -0.39 is 5.60 Å². The minimum Gasteiger partial charge on any atom is -0.444 e. The minimum absolute atomic E-state index is 0.373. The molecule has 1 amide bonds. The Hall–Kier alpha value is -1.36. The Balaban J connectivity index is 1.65. The third-order valence-corrected chi connectivity index (χ3v) is 4.93. The van der Waals surface area contributed by atoms with Gasteiger partial charge in [-0.3, -0.25) is 0 Å². The van der Waals surface area contributed by atoms with E-state index in [-0.39, 0.29) is 6.09 Å². The smallest absolute Gasteiger partial charge is 0.407 e. The van der Waals surface area contributed by atoms with Crippen molar-refractivity contribution in [3.05, 3.63) is 24.3 Å². The SMILES string of the molecule is CC(C)(C)OC(=O)NCCNc1ccc(SC2CCCC2)cc1. The van der Waals surface area contributed by atoms with Crippen molar-refractivity contribution in [2.24, 2.45) is 0 Å². The number of benzene rings is 1. The van der Waals surface area contributed by atoms with Crippen LogP contribution >= 0.6 is 11.8 Å². The second kappa shape index (κ2) is 8.48. The Kier molecular flexibility index (Phi) is 6.63. The molecule has 5 heteroatoms. The molecule has 4 nitrogen and oxygen atoms in total. The average molecular weight is 337 g/mol. The summed E-state index contributed by atoms with van der Waals surface area (Å²) in [5, 5.41) is 6.84. The summed E-state index contributed by atoms with van der Waals surface area (Å²) in [5.74, 6) is 0. The van der Waals surface area contributed by atoms with Crippen molar-refractivity contribution in [1.82, 2.24) is 5.32 Å². The van der Waals surface area contributed by atoms with Crippen LogP contribution in [0.5, 0.6) is 0 Å². The summed E-state index contributed by atoms with van der Waals surface area (Å²) in [5.41, 5.74) is 0.622. The summed E-state index contributed by atoms with van der Waals surface area (Å²) < 4.78 is 5.19. The number of thioether (sulfide) groups is 1. The summed E-state index contributed by atoms with van der Waals surface area (Å²) in [6.07, 6.45) is 5.08. The van der Waals surface area contributed by atoms with E-state index in [0.29, 0.717) is 13.1 Å². The first-order valence-corrected chi connectivity index (χ1v) is 9.28. The maximum atomic E-state index is 11.5. The monoisotopic (exact) mass is 336 g/mol. The normalized spacial score (nSPS) is 15.4. The highest BCUT2D eigenvalue weighted by Gasteiger charge is 2.16. The molecule has 0 bridgehead atoms. The minimum atomic E-state index is -0.454. The van der Waals surface area contributed by atoms with Gasteiger partial charge in [-0.25, -0.2) is 4.79 Å². The molecule has 0 spiro atoms. The van der Waals surface area contributed by atoms with E-state index in [1.54, 1.807) is 0 Å². The van der Waals surface area contributed by atoms with Gasteiger partial charge in [0.15, 0.2) is 0 Å². The second-order valence-corrected chi connectivity index (χ2v) is 8.28. The van der Waals surface area contributed by atoms with Gasteiger partial charge in [0.1, 0.15) is 5.60 Å². The van der Waals surface area contributed by atoms with Crippen LogP contribution in [0.15, 0.2) is 29.2 Å². The number of hydrogen-bond acceptors (Lipinski definition) is 4. The summed E-state index contributed by atoms with van der Waals surface area (Å²) in [7, 11) is 0. The van der Waals surface area contributed by atoms with Crippen molar-refractivity contribution in [2.45, 2.75) is 62.2 Å². The first kappa shape index (κ1) is 18.0. The van der Waals surface area contributed by atoms with Crippen LogP contribution in [0.1, 0.15) is 46.5 Å². The molecule has 1 aromatic carbocycles.